The molecule has 0 aliphatic carbocycles. The molecule has 0 radical (unpaired) electrons. The van der Waals surface area contributed by atoms with E-state index in [1.165, 1.54) is 12.1 Å². The van der Waals surface area contributed by atoms with Gasteiger partial charge in [-0.05, 0) is 23.5 Å². The van der Waals surface area contributed by atoms with Gasteiger partial charge in [-0.3, -0.25) is 4.79 Å². The van der Waals surface area contributed by atoms with Gasteiger partial charge in [0, 0.05) is 25.2 Å². The monoisotopic (exact) mass is 282 g/mol. The maximum atomic E-state index is 13.6. The van der Waals surface area contributed by atoms with Crippen molar-refractivity contribution in [3.63, 3.8) is 0 Å². The van der Waals surface area contributed by atoms with Crippen molar-refractivity contribution >= 4 is 5.91 Å². The van der Waals surface area contributed by atoms with Crippen molar-refractivity contribution in [3.05, 3.63) is 35.4 Å². The van der Waals surface area contributed by atoms with Crippen LogP contribution >= 0.6 is 0 Å². The minimum Gasteiger partial charge on any atom is -0.342 e. The minimum absolute atomic E-state index is 0.0442. The second kappa shape index (κ2) is 5.48. The van der Waals surface area contributed by atoms with Crippen LogP contribution in [0.1, 0.15) is 25.8 Å². The van der Waals surface area contributed by atoms with E-state index in [9.17, 15) is 13.6 Å². The Balaban J connectivity index is 2.05. The highest BCUT2D eigenvalue weighted by Gasteiger charge is 2.35. The van der Waals surface area contributed by atoms with E-state index < -0.39 is 11.6 Å². The molecule has 0 aromatic heterocycles. The van der Waals surface area contributed by atoms with Crippen LogP contribution in [0, 0.1) is 17.0 Å². The average molecular weight is 282 g/mol. The molecule has 110 valence electrons. The molecular formula is C15H20F2N2O. The molecule has 1 heterocycles. The summed E-state index contributed by atoms with van der Waals surface area (Å²) < 4.78 is 26.4. The van der Waals surface area contributed by atoms with Crippen LogP contribution in [-0.4, -0.2) is 29.9 Å². The molecule has 5 heteroatoms. The van der Waals surface area contributed by atoms with E-state index in [2.05, 4.69) is 0 Å². The first kappa shape index (κ1) is 14.9. The van der Waals surface area contributed by atoms with Gasteiger partial charge in [-0.2, -0.15) is 0 Å². The summed E-state index contributed by atoms with van der Waals surface area (Å²) in [6, 6.07) is 3.36. The highest BCUT2D eigenvalue weighted by atomic mass is 19.1. The first-order valence-electron chi connectivity index (χ1n) is 6.77. The van der Waals surface area contributed by atoms with Crippen LogP contribution < -0.4 is 5.73 Å². The SMILES string of the molecule is CC1(C)CN(C(=O)Cc2ccc(F)cc2F)CCC1N. The van der Waals surface area contributed by atoms with Crippen molar-refractivity contribution in [1.82, 2.24) is 4.90 Å². The third-order valence-corrected chi connectivity index (χ3v) is 4.02. The van der Waals surface area contributed by atoms with Gasteiger partial charge in [-0.1, -0.05) is 19.9 Å². The number of amides is 1. The summed E-state index contributed by atoms with van der Waals surface area (Å²) in [7, 11) is 0. The number of halogens is 2. The van der Waals surface area contributed by atoms with Gasteiger partial charge in [-0.15, -0.1) is 0 Å². The summed E-state index contributed by atoms with van der Waals surface area (Å²) in [4.78, 5) is 13.9. The lowest BCUT2D eigenvalue weighted by atomic mass is 9.79. The van der Waals surface area contributed by atoms with E-state index in [1.54, 1.807) is 4.90 Å². The minimum atomic E-state index is -0.675. The lowest BCUT2D eigenvalue weighted by Crippen LogP contribution is -2.54. The molecule has 2 rings (SSSR count). The Morgan fingerprint density at radius 2 is 2.15 bits per heavy atom. The Morgan fingerprint density at radius 3 is 2.75 bits per heavy atom. The van der Waals surface area contributed by atoms with Crippen LogP contribution in [-0.2, 0) is 11.2 Å². The van der Waals surface area contributed by atoms with Crippen LogP contribution in [0.25, 0.3) is 0 Å². The van der Waals surface area contributed by atoms with E-state index in [4.69, 9.17) is 5.73 Å². The first-order valence-corrected chi connectivity index (χ1v) is 6.77. The molecule has 1 amide bonds. The normalized spacial score (nSPS) is 21.9. The third-order valence-electron chi connectivity index (χ3n) is 4.02. The molecule has 1 aliphatic heterocycles. The Labute approximate surface area is 117 Å². The average Bonchev–Trinajstić information content (AvgIpc) is 2.36. The molecule has 2 N–H and O–H groups in total. The van der Waals surface area contributed by atoms with Gasteiger partial charge in [0.25, 0.3) is 0 Å². The topological polar surface area (TPSA) is 46.3 Å². The van der Waals surface area contributed by atoms with Gasteiger partial charge >= 0.3 is 0 Å². The van der Waals surface area contributed by atoms with E-state index in [1.807, 2.05) is 13.8 Å². The van der Waals surface area contributed by atoms with E-state index >= 15 is 0 Å². The highest BCUT2D eigenvalue weighted by molar-refractivity contribution is 5.79. The van der Waals surface area contributed by atoms with Crippen molar-refractivity contribution < 1.29 is 13.6 Å². The summed E-state index contributed by atoms with van der Waals surface area (Å²) in [5.41, 5.74) is 6.11. The van der Waals surface area contributed by atoms with Crippen molar-refractivity contribution in [3.8, 4) is 0 Å². The zero-order chi connectivity index (χ0) is 14.9. The number of likely N-dealkylation sites (tertiary alicyclic amines) is 1. The summed E-state index contributed by atoms with van der Waals surface area (Å²) >= 11 is 0. The van der Waals surface area contributed by atoms with Gasteiger partial charge in [0.2, 0.25) is 5.91 Å². The summed E-state index contributed by atoms with van der Waals surface area (Å²) in [6.45, 7) is 5.20. The fraction of sp³-hybridized carbons (Fsp3) is 0.533. The molecular weight excluding hydrogens is 262 g/mol. The van der Waals surface area contributed by atoms with E-state index in [0.29, 0.717) is 13.1 Å². The molecule has 0 saturated carbocycles. The summed E-state index contributed by atoms with van der Waals surface area (Å²) in [5, 5.41) is 0. The lowest BCUT2D eigenvalue weighted by Gasteiger charge is -2.42. The molecule has 1 fully saturated rings. The van der Waals surface area contributed by atoms with Crippen LogP contribution in [0.5, 0.6) is 0 Å². The van der Waals surface area contributed by atoms with Gasteiger partial charge in [-0.25, -0.2) is 8.78 Å². The third kappa shape index (κ3) is 3.15. The predicted octanol–water partition coefficient (Wildman–Crippen LogP) is 2.09. The number of nitrogens with zero attached hydrogens (tertiary/aromatic N) is 1. The Kier molecular flexibility index (Phi) is 4.09. The second-order valence-corrected chi connectivity index (χ2v) is 6.11. The van der Waals surface area contributed by atoms with Gasteiger partial charge in [0.15, 0.2) is 0 Å². The van der Waals surface area contributed by atoms with Crippen LogP contribution in [0.15, 0.2) is 18.2 Å². The summed E-state index contributed by atoms with van der Waals surface area (Å²) in [6.07, 6.45) is 0.696. The molecule has 1 aliphatic rings. The van der Waals surface area contributed by atoms with Gasteiger partial charge in [0.05, 0.1) is 6.42 Å². The van der Waals surface area contributed by atoms with Gasteiger partial charge < -0.3 is 10.6 Å². The number of rotatable bonds is 2. The maximum Gasteiger partial charge on any atom is 0.227 e. The van der Waals surface area contributed by atoms with E-state index in [-0.39, 0.29) is 29.3 Å². The smallest absolute Gasteiger partial charge is 0.227 e. The van der Waals surface area contributed by atoms with Crippen molar-refractivity contribution in [1.29, 1.82) is 0 Å². The Bertz CT molecular complexity index is 517. The zero-order valence-electron chi connectivity index (χ0n) is 11.8. The largest absolute Gasteiger partial charge is 0.342 e. The Morgan fingerprint density at radius 1 is 1.45 bits per heavy atom. The predicted molar refractivity (Wildman–Crippen MR) is 73.0 cm³/mol. The van der Waals surface area contributed by atoms with E-state index in [0.717, 1.165) is 12.5 Å². The number of piperidine rings is 1. The van der Waals surface area contributed by atoms with Crippen LogP contribution in [0.2, 0.25) is 0 Å². The number of carbonyl (C=O) groups excluding carboxylic acids is 1. The van der Waals surface area contributed by atoms with Crippen LogP contribution in [0.4, 0.5) is 8.78 Å². The molecule has 3 nitrogen and oxygen atoms in total. The second-order valence-electron chi connectivity index (χ2n) is 6.11. The Hall–Kier alpha value is -1.49. The first-order chi connectivity index (χ1) is 9.29. The standard InChI is InChI=1S/C15H20F2N2O/c1-15(2)9-19(6-5-13(15)18)14(20)7-10-3-4-11(16)8-12(10)17/h3-4,8,13H,5-7,9,18H2,1-2H3. The number of hydrogen-bond acceptors (Lipinski definition) is 2. The van der Waals surface area contributed by atoms with Gasteiger partial charge in [0.1, 0.15) is 11.6 Å². The molecule has 1 unspecified atom stereocenters. The molecule has 1 aromatic rings. The van der Waals surface area contributed by atoms with Crippen molar-refractivity contribution in [2.75, 3.05) is 13.1 Å². The molecule has 0 spiro atoms. The van der Waals surface area contributed by atoms with Crippen molar-refractivity contribution in [2.24, 2.45) is 11.1 Å². The fourth-order valence-corrected chi connectivity index (χ4v) is 2.53. The zero-order valence-corrected chi connectivity index (χ0v) is 11.8. The molecule has 20 heavy (non-hydrogen) atoms. The summed E-state index contributed by atoms with van der Waals surface area (Å²) in [5.74, 6) is -1.45. The van der Waals surface area contributed by atoms with Crippen LogP contribution in [0.3, 0.4) is 0 Å². The number of hydrogen-bond donors (Lipinski definition) is 1. The number of benzene rings is 1. The maximum absolute atomic E-state index is 13.6. The number of nitrogens with two attached hydrogens (primary N) is 1. The number of carbonyl (C=O) groups is 1. The fourth-order valence-electron chi connectivity index (χ4n) is 2.53. The molecule has 1 atom stereocenters. The molecule has 1 aromatic carbocycles. The quantitative estimate of drug-likeness (QED) is 0.903. The van der Waals surface area contributed by atoms with Crippen molar-refractivity contribution in [2.45, 2.75) is 32.7 Å². The molecule has 0 bridgehead atoms. The molecule has 1 saturated heterocycles. The highest BCUT2D eigenvalue weighted by Crippen LogP contribution is 2.28. The lowest BCUT2D eigenvalue weighted by molar-refractivity contribution is -0.133.